The maximum absolute atomic E-state index is 12.8. The number of rotatable bonds is 6. The minimum atomic E-state index is -3.77. The number of ether oxygens (including phenoxy) is 1. The molecule has 0 amide bonds. The molecule has 0 saturated heterocycles. The van der Waals surface area contributed by atoms with Crippen molar-refractivity contribution in [1.29, 1.82) is 0 Å². The van der Waals surface area contributed by atoms with Gasteiger partial charge in [0.05, 0.1) is 10.4 Å². The highest BCUT2D eigenvalue weighted by atomic mass is 32.2. The maximum Gasteiger partial charge on any atom is 0.419 e. The summed E-state index contributed by atoms with van der Waals surface area (Å²) < 4.78 is 51.3. The van der Waals surface area contributed by atoms with Gasteiger partial charge in [0.15, 0.2) is 5.58 Å². The number of oxazole rings is 1. The third kappa shape index (κ3) is 3.72. The largest absolute Gasteiger partial charge is 0.492 e. The summed E-state index contributed by atoms with van der Waals surface area (Å²) in [6, 6.07) is 9.57. The number of hydrogen-bond acceptors (Lipinski definition) is 5. The van der Waals surface area contributed by atoms with Crippen molar-refractivity contribution in [1.82, 2.24) is 9.29 Å². The lowest BCUT2D eigenvalue weighted by Crippen LogP contribution is -2.28. The van der Waals surface area contributed by atoms with E-state index >= 15 is 0 Å². The normalized spacial score (nSPS) is 11.8. The van der Waals surface area contributed by atoms with Crippen molar-refractivity contribution in [3.8, 4) is 5.75 Å². The van der Waals surface area contributed by atoms with Crippen LogP contribution in [0.3, 0.4) is 0 Å². The average Bonchev–Trinajstić information content (AvgIpc) is 2.87. The third-order valence-corrected chi connectivity index (χ3v) is 5.01. The molecule has 0 aliphatic heterocycles. The molecule has 1 heterocycles. The first-order valence-electron chi connectivity index (χ1n) is 7.34. The quantitative estimate of drug-likeness (QED) is 0.670. The van der Waals surface area contributed by atoms with Gasteiger partial charge in [-0.05, 0) is 42.5 Å². The van der Waals surface area contributed by atoms with Crippen LogP contribution in [0.15, 0.2) is 56.6 Å². The maximum atomic E-state index is 12.8. The summed E-state index contributed by atoms with van der Waals surface area (Å²) in [7, 11) is -2.27. The molecular weight excluding hydrogens is 351 g/mol. The molecule has 3 aromatic rings. The molecule has 0 aliphatic rings. The van der Waals surface area contributed by atoms with Crippen molar-refractivity contribution >= 4 is 21.1 Å². The molecule has 9 heteroatoms. The van der Waals surface area contributed by atoms with Crippen LogP contribution in [0.5, 0.6) is 5.75 Å². The van der Waals surface area contributed by atoms with E-state index < -0.39 is 15.8 Å². The molecule has 0 aliphatic carbocycles. The Morgan fingerprint density at radius 2 is 1.92 bits per heavy atom. The van der Waals surface area contributed by atoms with Gasteiger partial charge in [-0.2, -0.15) is 0 Å². The number of nitrogens with one attached hydrogen (secondary N) is 1. The molecule has 0 saturated carbocycles. The van der Waals surface area contributed by atoms with Crippen LogP contribution in [0.2, 0.25) is 0 Å². The summed E-state index contributed by atoms with van der Waals surface area (Å²) in [5.41, 5.74) is 0.696. The van der Waals surface area contributed by atoms with E-state index in [-0.39, 0.29) is 23.9 Å². The van der Waals surface area contributed by atoms with E-state index in [0.29, 0.717) is 16.8 Å². The van der Waals surface area contributed by atoms with Crippen molar-refractivity contribution in [3.63, 3.8) is 0 Å². The van der Waals surface area contributed by atoms with Crippen LogP contribution in [0.4, 0.5) is 4.39 Å². The SMILES string of the molecule is Cn1c(=O)oc2ccc(S(=O)(=O)NCCOc3ccc(F)cc3)cc21. The van der Waals surface area contributed by atoms with Gasteiger partial charge in [-0.25, -0.2) is 22.3 Å². The van der Waals surface area contributed by atoms with Crippen LogP contribution in [0.1, 0.15) is 0 Å². The Kier molecular flexibility index (Phi) is 4.60. The molecule has 7 nitrogen and oxygen atoms in total. The van der Waals surface area contributed by atoms with Gasteiger partial charge in [0.25, 0.3) is 0 Å². The Morgan fingerprint density at radius 3 is 2.64 bits per heavy atom. The monoisotopic (exact) mass is 366 g/mol. The van der Waals surface area contributed by atoms with E-state index in [1.807, 2.05) is 0 Å². The molecule has 0 atom stereocenters. The topological polar surface area (TPSA) is 90.5 Å². The molecule has 25 heavy (non-hydrogen) atoms. The average molecular weight is 366 g/mol. The molecule has 0 spiro atoms. The van der Waals surface area contributed by atoms with Crippen molar-refractivity contribution < 1.29 is 22.0 Å². The van der Waals surface area contributed by atoms with Gasteiger partial charge >= 0.3 is 5.76 Å². The van der Waals surface area contributed by atoms with Crippen molar-refractivity contribution in [3.05, 3.63) is 58.8 Å². The van der Waals surface area contributed by atoms with Crippen LogP contribution < -0.4 is 15.2 Å². The number of halogens is 1. The molecular formula is C16H15FN2O5S. The lowest BCUT2D eigenvalue weighted by atomic mass is 10.3. The lowest BCUT2D eigenvalue weighted by molar-refractivity contribution is 0.322. The van der Waals surface area contributed by atoms with Crippen molar-refractivity contribution in [2.75, 3.05) is 13.2 Å². The fraction of sp³-hybridized carbons (Fsp3) is 0.188. The molecule has 1 aromatic heterocycles. The van der Waals surface area contributed by atoms with Crippen LogP contribution in [-0.2, 0) is 17.1 Å². The predicted molar refractivity (Wildman–Crippen MR) is 88.5 cm³/mol. The fourth-order valence-corrected chi connectivity index (χ4v) is 3.27. The highest BCUT2D eigenvalue weighted by molar-refractivity contribution is 7.89. The Labute approximate surface area is 142 Å². The standard InChI is InChI=1S/C16H15FN2O5S/c1-19-14-10-13(6-7-15(14)24-16(19)20)25(21,22)18-8-9-23-12-4-2-11(17)3-5-12/h2-7,10,18H,8-9H2,1H3. The van der Waals surface area contributed by atoms with E-state index in [4.69, 9.17) is 9.15 Å². The zero-order chi connectivity index (χ0) is 18.0. The van der Waals surface area contributed by atoms with Crippen LogP contribution in [-0.4, -0.2) is 26.1 Å². The Morgan fingerprint density at radius 1 is 1.20 bits per heavy atom. The molecule has 0 fully saturated rings. The zero-order valence-electron chi connectivity index (χ0n) is 13.2. The molecule has 1 N–H and O–H groups in total. The number of benzene rings is 2. The van der Waals surface area contributed by atoms with Gasteiger partial charge < -0.3 is 9.15 Å². The van der Waals surface area contributed by atoms with E-state index in [9.17, 15) is 17.6 Å². The first-order chi connectivity index (χ1) is 11.9. The van der Waals surface area contributed by atoms with Gasteiger partial charge in [0.2, 0.25) is 10.0 Å². The summed E-state index contributed by atoms with van der Waals surface area (Å²) in [5, 5.41) is 0. The van der Waals surface area contributed by atoms with Gasteiger partial charge in [-0.3, -0.25) is 4.57 Å². The van der Waals surface area contributed by atoms with Gasteiger partial charge in [-0.1, -0.05) is 0 Å². The molecule has 132 valence electrons. The summed E-state index contributed by atoms with van der Waals surface area (Å²) in [5.74, 6) is -0.502. The molecule has 3 rings (SSSR count). The summed E-state index contributed by atoms with van der Waals surface area (Å²) in [4.78, 5) is 11.5. The minimum absolute atomic E-state index is 0.0122. The zero-order valence-corrected chi connectivity index (χ0v) is 14.0. The second-order valence-electron chi connectivity index (χ2n) is 5.26. The number of aromatic nitrogens is 1. The first kappa shape index (κ1) is 17.2. The molecule has 0 unspecified atom stereocenters. The second kappa shape index (κ2) is 6.69. The number of nitrogens with zero attached hydrogens (tertiary/aromatic N) is 1. The van der Waals surface area contributed by atoms with Crippen molar-refractivity contribution in [2.24, 2.45) is 7.05 Å². The first-order valence-corrected chi connectivity index (χ1v) is 8.83. The number of fused-ring (bicyclic) bond motifs is 1. The number of aryl methyl sites for hydroxylation is 1. The summed E-state index contributed by atoms with van der Waals surface area (Å²) in [6.45, 7) is 0.110. The summed E-state index contributed by atoms with van der Waals surface area (Å²) in [6.07, 6.45) is 0. The highest BCUT2D eigenvalue weighted by Crippen LogP contribution is 2.17. The highest BCUT2D eigenvalue weighted by Gasteiger charge is 2.16. The van der Waals surface area contributed by atoms with Crippen LogP contribution in [0, 0.1) is 5.82 Å². The third-order valence-electron chi connectivity index (χ3n) is 3.55. The summed E-state index contributed by atoms with van der Waals surface area (Å²) >= 11 is 0. The van der Waals surface area contributed by atoms with Crippen molar-refractivity contribution in [2.45, 2.75) is 4.90 Å². The Hall–Kier alpha value is -2.65. The molecule has 2 aromatic carbocycles. The predicted octanol–water partition coefficient (Wildman–Crippen LogP) is 1.63. The minimum Gasteiger partial charge on any atom is -0.492 e. The lowest BCUT2D eigenvalue weighted by Gasteiger charge is -2.08. The molecule has 0 bridgehead atoms. The number of hydrogen-bond donors (Lipinski definition) is 1. The van der Waals surface area contributed by atoms with Gasteiger partial charge in [0, 0.05) is 13.6 Å². The van der Waals surface area contributed by atoms with Gasteiger partial charge in [0.1, 0.15) is 18.2 Å². The van der Waals surface area contributed by atoms with Crippen LogP contribution >= 0.6 is 0 Å². The fourth-order valence-electron chi connectivity index (χ4n) is 2.23. The smallest absolute Gasteiger partial charge is 0.419 e. The molecule has 0 radical (unpaired) electrons. The van der Waals surface area contributed by atoms with E-state index in [1.165, 1.54) is 54.1 Å². The Bertz CT molecular complexity index is 1050. The van der Waals surface area contributed by atoms with E-state index in [2.05, 4.69) is 4.72 Å². The Balaban J connectivity index is 1.66. The second-order valence-corrected chi connectivity index (χ2v) is 7.02. The number of sulfonamides is 1. The van der Waals surface area contributed by atoms with Gasteiger partial charge in [-0.15, -0.1) is 0 Å². The van der Waals surface area contributed by atoms with E-state index in [1.54, 1.807) is 0 Å². The van der Waals surface area contributed by atoms with Crippen LogP contribution in [0.25, 0.3) is 11.1 Å². The van der Waals surface area contributed by atoms with E-state index in [0.717, 1.165) is 0 Å².